The summed E-state index contributed by atoms with van der Waals surface area (Å²) in [5.74, 6) is 1.91. The molecule has 0 amide bonds. The lowest BCUT2D eigenvalue weighted by atomic mass is 9.96. The zero-order valence-corrected chi connectivity index (χ0v) is 10.8. The normalized spacial score (nSPS) is 11.4. The maximum Gasteiger partial charge on any atom is 0.120 e. The van der Waals surface area contributed by atoms with Crippen LogP contribution in [0.3, 0.4) is 0 Å². The lowest BCUT2D eigenvalue weighted by molar-refractivity contribution is 0.105. The van der Waals surface area contributed by atoms with Crippen LogP contribution in [0.2, 0.25) is 0 Å². The van der Waals surface area contributed by atoms with Crippen LogP contribution in [-0.4, -0.2) is 6.10 Å². The summed E-state index contributed by atoms with van der Waals surface area (Å²) < 4.78 is 6.01. The third-order valence-corrected chi connectivity index (χ3v) is 2.76. The van der Waals surface area contributed by atoms with E-state index in [9.17, 15) is 0 Å². The van der Waals surface area contributed by atoms with Crippen LogP contribution >= 0.6 is 0 Å². The monoisotopic (exact) mass is 218 g/mol. The Morgan fingerprint density at radius 2 is 1.50 bits per heavy atom. The topological polar surface area (TPSA) is 9.23 Å². The van der Waals surface area contributed by atoms with E-state index in [0.29, 0.717) is 11.8 Å². The number of hydrogen-bond donors (Lipinski definition) is 0. The molecule has 0 atom stereocenters. The van der Waals surface area contributed by atoms with Gasteiger partial charge in [0.2, 0.25) is 0 Å². The van der Waals surface area contributed by atoms with Gasteiger partial charge in [-0.25, -0.2) is 0 Å². The third kappa shape index (κ3) is 3.13. The first-order chi connectivity index (χ1) is 7.41. The maximum absolute atomic E-state index is 6.01. The van der Waals surface area contributed by atoms with Crippen LogP contribution in [0.25, 0.3) is 13.2 Å². The molecule has 16 heavy (non-hydrogen) atoms. The van der Waals surface area contributed by atoms with Gasteiger partial charge in [-0.05, 0) is 34.4 Å². The lowest BCUT2D eigenvalue weighted by Crippen LogP contribution is -2.30. The van der Waals surface area contributed by atoms with Gasteiger partial charge < -0.3 is 4.74 Å². The summed E-state index contributed by atoms with van der Waals surface area (Å²) in [6.45, 7) is 16.6. The SMILES string of the molecule is C=c1ccc(OC(C(C)C)C(C)C)cc1=C. The zero-order chi connectivity index (χ0) is 12.3. The standard InChI is InChI=1S/C15H22O/c1-10(2)15(11(3)4)16-14-8-7-12(5)13(6)9-14/h7-11,15H,5-6H2,1-4H3. The summed E-state index contributed by atoms with van der Waals surface area (Å²) >= 11 is 0. The molecule has 0 spiro atoms. The van der Waals surface area contributed by atoms with Crippen molar-refractivity contribution in [2.75, 3.05) is 0 Å². The molecule has 0 N–H and O–H groups in total. The van der Waals surface area contributed by atoms with Crippen molar-refractivity contribution in [3.05, 3.63) is 28.6 Å². The van der Waals surface area contributed by atoms with Gasteiger partial charge in [0, 0.05) is 0 Å². The maximum atomic E-state index is 6.01. The predicted molar refractivity (Wildman–Crippen MR) is 70.8 cm³/mol. The molecular formula is C15H22O. The molecule has 0 aliphatic heterocycles. The van der Waals surface area contributed by atoms with E-state index in [1.807, 2.05) is 18.2 Å². The molecule has 0 fully saturated rings. The van der Waals surface area contributed by atoms with Crippen LogP contribution in [-0.2, 0) is 0 Å². The van der Waals surface area contributed by atoms with Crippen LogP contribution in [0.4, 0.5) is 0 Å². The Bertz CT molecular complexity index is 423. The fraction of sp³-hybridized carbons (Fsp3) is 0.467. The molecule has 1 nitrogen and oxygen atoms in total. The highest BCUT2D eigenvalue weighted by atomic mass is 16.5. The van der Waals surface area contributed by atoms with Crippen LogP contribution in [0.1, 0.15) is 27.7 Å². The Morgan fingerprint density at radius 3 is 1.94 bits per heavy atom. The Kier molecular flexibility index (Phi) is 4.17. The Balaban J connectivity index is 2.90. The van der Waals surface area contributed by atoms with Gasteiger partial charge >= 0.3 is 0 Å². The number of benzene rings is 1. The van der Waals surface area contributed by atoms with Gasteiger partial charge in [0.15, 0.2) is 0 Å². The molecule has 0 aromatic heterocycles. The van der Waals surface area contributed by atoms with Crippen LogP contribution < -0.4 is 15.2 Å². The van der Waals surface area contributed by atoms with E-state index < -0.39 is 0 Å². The van der Waals surface area contributed by atoms with Gasteiger partial charge in [-0.1, -0.05) is 46.9 Å². The first-order valence-corrected chi connectivity index (χ1v) is 5.86. The van der Waals surface area contributed by atoms with Crippen LogP contribution in [0, 0.1) is 11.8 Å². The minimum absolute atomic E-state index is 0.245. The largest absolute Gasteiger partial charge is 0.490 e. The van der Waals surface area contributed by atoms with Crippen molar-refractivity contribution in [3.63, 3.8) is 0 Å². The van der Waals surface area contributed by atoms with E-state index in [0.717, 1.165) is 16.2 Å². The molecule has 88 valence electrons. The van der Waals surface area contributed by atoms with Crippen molar-refractivity contribution in [3.8, 4) is 5.75 Å². The summed E-state index contributed by atoms with van der Waals surface area (Å²) in [7, 11) is 0. The highest BCUT2D eigenvalue weighted by molar-refractivity contribution is 5.27. The van der Waals surface area contributed by atoms with Crippen molar-refractivity contribution < 1.29 is 4.74 Å². The molecule has 0 bridgehead atoms. The second kappa shape index (κ2) is 5.20. The summed E-state index contributed by atoms with van der Waals surface area (Å²) in [6.07, 6.45) is 0.245. The average molecular weight is 218 g/mol. The van der Waals surface area contributed by atoms with Crippen molar-refractivity contribution in [1.82, 2.24) is 0 Å². The van der Waals surface area contributed by atoms with Crippen molar-refractivity contribution >= 4 is 13.2 Å². The Labute approximate surface area is 98.5 Å². The fourth-order valence-corrected chi connectivity index (χ4v) is 1.87. The molecule has 1 heteroatoms. The quantitative estimate of drug-likeness (QED) is 0.754. The number of ether oxygens (including phenoxy) is 1. The van der Waals surface area contributed by atoms with Gasteiger partial charge in [0.1, 0.15) is 11.9 Å². The summed E-state index contributed by atoms with van der Waals surface area (Å²) in [5.41, 5.74) is 0. The van der Waals surface area contributed by atoms with Gasteiger partial charge in [-0.2, -0.15) is 0 Å². The molecule has 0 unspecified atom stereocenters. The van der Waals surface area contributed by atoms with E-state index in [1.165, 1.54) is 0 Å². The van der Waals surface area contributed by atoms with E-state index in [-0.39, 0.29) is 6.10 Å². The van der Waals surface area contributed by atoms with E-state index in [1.54, 1.807) is 0 Å². The molecule has 0 saturated heterocycles. The molecule has 0 radical (unpaired) electrons. The van der Waals surface area contributed by atoms with Crippen molar-refractivity contribution in [1.29, 1.82) is 0 Å². The van der Waals surface area contributed by atoms with Gasteiger partial charge in [-0.15, -0.1) is 0 Å². The summed E-state index contributed by atoms with van der Waals surface area (Å²) in [6, 6.07) is 5.88. The molecule has 1 rings (SSSR count). The van der Waals surface area contributed by atoms with E-state index >= 15 is 0 Å². The second-order valence-electron chi connectivity index (χ2n) is 5.00. The fourth-order valence-electron chi connectivity index (χ4n) is 1.87. The highest BCUT2D eigenvalue weighted by Gasteiger charge is 2.18. The highest BCUT2D eigenvalue weighted by Crippen LogP contribution is 2.19. The van der Waals surface area contributed by atoms with Crippen molar-refractivity contribution in [2.24, 2.45) is 11.8 Å². The molecular weight excluding hydrogens is 196 g/mol. The molecule has 1 aromatic carbocycles. The van der Waals surface area contributed by atoms with Crippen molar-refractivity contribution in [2.45, 2.75) is 33.8 Å². The Hall–Kier alpha value is -1.24. The minimum atomic E-state index is 0.245. The van der Waals surface area contributed by atoms with Gasteiger partial charge in [0.05, 0.1) is 0 Å². The molecule has 0 aliphatic carbocycles. The zero-order valence-electron chi connectivity index (χ0n) is 10.8. The molecule has 0 saturated carbocycles. The first-order valence-electron chi connectivity index (χ1n) is 5.86. The van der Waals surface area contributed by atoms with Crippen LogP contribution in [0.5, 0.6) is 5.75 Å². The van der Waals surface area contributed by atoms with E-state index in [4.69, 9.17) is 4.74 Å². The number of hydrogen-bond acceptors (Lipinski definition) is 1. The van der Waals surface area contributed by atoms with E-state index in [2.05, 4.69) is 40.9 Å². The van der Waals surface area contributed by atoms with Gasteiger partial charge in [0.25, 0.3) is 0 Å². The molecule has 1 aromatic rings. The summed E-state index contributed by atoms with van der Waals surface area (Å²) in [4.78, 5) is 0. The first kappa shape index (κ1) is 12.8. The second-order valence-corrected chi connectivity index (χ2v) is 5.00. The van der Waals surface area contributed by atoms with Crippen LogP contribution in [0.15, 0.2) is 18.2 Å². The molecule has 0 heterocycles. The van der Waals surface area contributed by atoms with Gasteiger partial charge in [-0.3, -0.25) is 0 Å². The molecule has 0 aliphatic rings. The Morgan fingerprint density at radius 1 is 0.938 bits per heavy atom. The minimum Gasteiger partial charge on any atom is -0.490 e. The smallest absolute Gasteiger partial charge is 0.120 e. The summed E-state index contributed by atoms with van der Waals surface area (Å²) in [5, 5.41) is 1.89. The average Bonchev–Trinajstić information content (AvgIpc) is 2.18. The lowest BCUT2D eigenvalue weighted by Gasteiger charge is -2.26. The predicted octanol–water partition coefficient (Wildman–Crippen LogP) is 2.57. The number of rotatable bonds is 4. The third-order valence-electron chi connectivity index (χ3n) is 2.76.